The molecule has 1 atom stereocenters. The summed E-state index contributed by atoms with van der Waals surface area (Å²) in [4.78, 5) is 4.46. The van der Waals surface area contributed by atoms with E-state index in [0.717, 1.165) is 17.1 Å². The molecule has 0 aliphatic rings. The third-order valence-corrected chi connectivity index (χ3v) is 2.49. The molecule has 80 valence electrons. The van der Waals surface area contributed by atoms with E-state index < -0.39 is 0 Å². The number of rotatable bonds is 2. The third kappa shape index (κ3) is 1.82. The molecule has 0 N–H and O–H groups in total. The molecule has 1 heterocycles. The van der Waals surface area contributed by atoms with Crippen LogP contribution in [0.1, 0.15) is 18.7 Å². The van der Waals surface area contributed by atoms with Crippen molar-refractivity contribution in [1.29, 1.82) is 5.26 Å². The first-order valence-electron chi connectivity index (χ1n) is 5.23. The van der Waals surface area contributed by atoms with E-state index >= 15 is 0 Å². The van der Waals surface area contributed by atoms with Gasteiger partial charge in [-0.2, -0.15) is 5.26 Å². The number of imidazole rings is 1. The van der Waals surface area contributed by atoms with Crippen molar-refractivity contribution in [2.24, 2.45) is 0 Å². The van der Waals surface area contributed by atoms with Crippen LogP contribution in [0.2, 0.25) is 0 Å². The molecule has 0 spiro atoms. The monoisotopic (exact) mass is 211 g/mol. The lowest BCUT2D eigenvalue weighted by atomic mass is 10.2. The van der Waals surface area contributed by atoms with Gasteiger partial charge in [0.1, 0.15) is 11.9 Å². The van der Waals surface area contributed by atoms with E-state index in [4.69, 9.17) is 5.26 Å². The molecule has 0 amide bonds. The van der Waals surface area contributed by atoms with Gasteiger partial charge in [0.05, 0.1) is 11.8 Å². The Morgan fingerprint density at radius 2 is 2.00 bits per heavy atom. The minimum atomic E-state index is -0.198. The van der Waals surface area contributed by atoms with Crippen molar-refractivity contribution in [2.45, 2.75) is 19.9 Å². The highest BCUT2D eigenvalue weighted by Crippen LogP contribution is 2.21. The summed E-state index contributed by atoms with van der Waals surface area (Å²) in [6.45, 7) is 3.81. The maximum atomic E-state index is 8.97. The van der Waals surface area contributed by atoms with Gasteiger partial charge in [-0.3, -0.25) is 0 Å². The molecular formula is C13H13N3. The summed E-state index contributed by atoms with van der Waals surface area (Å²) in [6, 6.07) is 12.0. The number of nitrogens with zero attached hydrogens (tertiary/aromatic N) is 3. The van der Waals surface area contributed by atoms with Crippen LogP contribution < -0.4 is 0 Å². The minimum Gasteiger partial charge on any atom is -0.314 e. The number of nitriles is 1. The molecule has 0 bridgehead atoms. The highest BCUT2D eigenvalue weighted by Gasteiger charge is 2.12. The zero-order chi connectivity index (χ0) is 11.5. The molecule has 2 aromatic rings. The Kier molecular flexibility index (Phi) is 2.74. The zero-order valence-electron chi connectivity index (χ0n) is 9.38. The summed E-state index contributed by atoms with van der Waals surface area (Å²) in [6.07, 6.45) is 1.91. The first kappa shape index (κ1) is 10.4. The Morgan fingerprint density at radius 1 is 1.31 bits per heavy atom. The molecule has 2 rings (SSSR count). The Bertz CT molecular complexity index is 520. The molecule has 0 radical (unpaired) electrons. The maximum Gasteiger partial charge on any atom is 0.141 e. The Hall–Kier alpha value is -2.08. The van der Waals surface area contributed by atoms with Gasteiger partial charge in [0.2, 0.25) is 0 Å². The van der Waals surface area contributed by atoms with Gasteiger partial charge >= 0.3 is 0 Å². The highest BCUT2D eigenvalue weighted by atomic mass is 15.1. The average Bonchev–Trinajstić information content (AvgIpc) is 2.71. The van der Waals surface area contributed by atoms with Gasteiger partial charge in [-0.25, -0.2) is 4.98 Å². The van der Waals surface area contributed by atoms with Crippen LogP contribution in [0.4, 0.5) is 0 Å². The predicted molar refractivity (Wildman–Crippen MR) is 62.7 cm³/mol. The van der Waals surface area contributed by atoms with Crippen molar-refractivity contribution in [2.75, 3.05) is 0 Å². The number of aryl methyl sites for hydroxylation is 1. The molecule has 0 saturated carbocycles. The van der Waals surface area contributed by atoms with Gasteiger partial charge in [-0.15, -0.1) is 0 Å². The minimum absolute atomic E-state index is 0.198. The molecule has 0 saturated heterocycles. The van der Waals surface area contributed by atoms with Gasteiger partial charge in [-0.05, 0) is 13.8 Å². The fourth-order valence-electron chi connectivity index (χ4n) is 1.67. The largest absolute Gasteiger partial charge is 0.314 e. The molecule has 16 heavy (non-hydrogen) atoms. The molecule has 1 unspecified atom stereocenters. The zero-order valence-corrected chi connectivity index (χ0v) is 9.38. The molecular weight excluding hydrogens is 198 g/mol. The Balaban J connectivity index is 2.54. The van der Waals surface area contributed by atoms with Gasteiger partial charge < -0.3 is 4.57 Å². The summed E-state index contributed by atoms with van der Waals surface area (Å²) in [5.41, 5.74) is 1.97. The lowest BCUT2D eigenvalue weighted by Crippen LogP contribution is -2.03. The molecule has 0 aliphatic carbocycles. The molecule has 0 aliphatic heterocycles. The maximum absolute atomic E-state index is 8.97. The second kappa shape index (κ2) is 4.19. The summed E-state index contributed by atoms with van der Waals surface area (Å²) >= 11 is 0. The lowest BCUT2D eigenvalue weighted by Gasteiger charge is -2.08. The summed E-state index contributed by atoms with van der Waals surface area (Å²) in [5, 5.41) is 8.97. The number of benzene rings is 1. The fourth-order valence-corrected chi connectivity index (χ4v) is 1.67. The summed E-state index contributed by atoms with van der Waals surface area (Å²) in [7, 11) is 0. The smallest absolute Gasteiger partial charge is 0.141 e. The standard InChI is InChI=1S/C13H13N3/c1-10-9-16(11(2)8-14)13(15-10)12-6-4-3-5-7-12/h3-7,9,11H,1-2H3. The molecule has 3 nitrogen and oxygen atoms in total. The topological polar surface area (TPSA) is 41.6 Å². The molecule has 1 aromatic heterocycles. The van der Waals surface area contributed by atoms with Crippen LogP contribution in [0.3, 0.4) is 0 Å². The van der Waals surface area contributed by atoms with Gasteiger partial charge in [0.15, 0.2) is 0 Å². The van der Waals surface area contributed by atoms with Crippen LogP contribution in [-0.4, -0.2) is 9.55 Å². The van der Waals surface area contributed by atoms with Crippen LogP contribution in [0.25, 0.3) is 11.4 Å². The van der Waals surface area contributed by atoms with Crippen LogP contribution in [0.15, 0.2) is 36.5 Å². The summed E-state index contributed by atoms with van der Waals surface area (Å²) < 4.78 is 1.91. The van der Waals surface area contributed by atoms with E-state index in [9.17, 15) is 0 Å². The van der Waals surface area contributed by atoms with Crippen LogP contribution in [-0.2, 0) is 0 Å². The third-order valence-electron chi connectivity index (χ3n) is 2.49. The van der Waals surface area contributed by atoms with E-state index in [1.54, 1.807) is 0 Å². The van der Waals surface area contributed by atoms with Crippen molar-refractivity contribution in [3.8, 4) is 17.5 Å². The van der Waals surface area contributed by atoms with Crippen LogP contribution in [0.5, 0.6) is 0 Å². The molecule has 1 aromatic carbocycles. The second-order valence-electron chi connectivity index (χ2n) is 3.78. The number of aromatic nitrogens is 2. The van der Waals surface area contributed by atoms with E-state index in [1.807, 2.05) is 54.9 Å². The normalized spacial score (nSPS) is 12.1. The van der Waals surface area contributed by atoms with E-state index in [0.29, 0.717) is 0 Å². The van der Waals surface area contributed by atoms with E-state index in [1.165, 1.54) is 0 Å². The predicted octanol–water partition coefficient (Wildman–Crippen LogP) is 2.94. The van der Waals surface area contributed by atoms with Gasteiger partial charge in [0.25, 0.3) is 0 Å². The summed E-state index contributed by atoms with van der Waals surface area (Å²) in [5.74, 6) is 0.854. The highest BCUT2D eigenvalue weighted by molar-refractivity contribution is 5.56. The van der Waals surface area contributed by atoms with Crippen LogP contribution in [0, 0.1) is 18.3 Å². The van der Waals surface area contributed by atoms with Crippen LogP contribution >= 0.6 is 0 Å². The van der Waals surface area contributed by atoms with Crippen molar-refractivity contribution >= 4 is 0 Å². The Morgan fingerprint density at radius 3 is 2.62 bits per heavy atom. The van der Waals surface area contributed by atoms with Crippen molar-refractivity contribution < 1.29 is 0 Å². The number of hydrogen-bond donors (Lipinski definition) is 0. The molecule has 0 fully saturated rings. The first-order chi connectivity index (χ1) is 7.72. The van der Waals surface area contributed by atoms with Gasteiger partial charge in [-0.1, -0.05) is 30.3 Å². The quantitative estimate of drug-likeness (QED) is 0.766. The van der Waals surface area contributed by atoms with E-state index in [-0.39, 0.29) is 6.04 Å². The van der Waals surface area contributed by atoms with Gasteiger partial charge in [0, 0.05) is 11.8 Å². The van der Waals surface area contributed by atoms with Crippen molar-refractivity contribution in [3.63, 3.8) is 0 Å². The first-order valence-corrected chi connectivity index (χ1v) is 5.23. The fraction of sp³-hybridized carbons (Fsp3) is 0.231. The van der Waals surface area contributed by atoms with E-state index in [2.05, 4.69) is 11.1 Å². The van der Waals surface area contributed by atoms with Crippen molar-refractivity contribution in [1.82, 2.24) is 9.55 Å². The average molecular weight is 211 g/mol. The number of hydrogen-bond acceptors (Lipinski definition) is 2. The lowest BCUT2D eigenvalue weighted by molar-refractivity contribution is 0.680. The second-order valence-corrected chi connectivity index (χ2v) is 3.78. The molecule has 3 heteroatoms. The Labute approximate surface area is 95.0 Å². The van der Waals surface area contributed by atoms with Crippen molar-refractivity contribution in [3.05, 3.63) is 42.2 Å². The SMILES string of the molecule is Cc1cn(C(C)C#N)c(-c2ccccc2)n1.